The van der Waals surface area contributed by atoms with Gasteiger partial charge in [0.25, 0.3) is 5.91 Å². The van der Waals surface area contributed by atoms with Gasteiger partial charge in [0.1, 0.15) is 6.10 Å². The molecule has 1 aliphatic heterocycles. The zero-order valence-corrected chi connectivity index (χ0v) is 13.0. The highest BCUT2D eigenvalue weighted by molar-refractivity contribution is 7.09. The number of amides is 1. The molecule has 6 heteroatoms. The molecule has 1 amide bonds. The summed E-state index contributed by atoms with van der Waals surface area (Å²) in [6.07, 6.45) is 1.19. The van der Waals surface area contributed by atoms with Crippen molar-refractivity contribution in [1.29, 1.82) is 0 Å². The van der Waals surface area contributed by atoms with Crippen molar-refractivity contribution in [2.75, 3.05) is 13.1 Å². The number of carboxylic acids is 1. The Labute approximate surface area is 128 Å². The summed E-state index contributed by atoms with van der Waals surface area (Å²) in [6, 6.07) is 4.06. The third-order valence-corrected chi connectivity index (χ3v) is 4.52. The number of nitrogens with zero attached hydrogens (tertiary/aromatic N) is 1. The number of carbonyl (C=O) groups excluding carboxylic acids is 1. The summed E-state index contributed by atoms with van der Waals surface area (Å²) in [4.78, 5) is 26.4. The van der Waals surface area contributed by atoms with Gasteiger partial charge in [-0.05, 0) is 37.1 Å². The molecular formula is C15H21NO4S. The summed E-state index contributed by atoms with van der Waals surface area (Å²) in [5.74, 6) is -1.05. The van der Waals surface area contributed by atoms with Crippen molar-refractivity contribution < 1.29 is 19.4 Å². The molecule has 1 aromatic heterocycles. The highest BCUT2D eigenvalue weighted by Gasteiger charge is 2.36. The van der Waals surface area contributed by atoms with Crippen molar-refractivity contribution in [3.8, 4) is 0 Å². The van der Waals surface area contributed by atoms with Gasteiger partial charge < -0.3 is 14.7 Å². The van der Waals surface area contributed by atoms with Gasteiger partial charge in [-0.3, -0.25) is 4.79 Å². The Morgan fingerprint density at radius 1 is 1.38 bits per heavy atom. The zero-order chi connectivity index (χ0) is 15.2. The van der Waals surface area contributed by atoms with Gasteiger partial charge >= 0.3 is 5.97 Å². The summed E-state index contributed by atoms with van der Waals surface area (Å²) in [7, 11) is 0. The molecule has 0 aromatic carbocycles. The average molecular weight is 311 g/mol. The molecule has 1 N–H and O–H groups in total. The molecule has 21 heavy (non-hydrogen) atoms. The Hall–Kier alpha value is -1.40. The van der Waals surface area contributed by atoms with Crippen LogP contribution in [-0.4, -0.2) is 47.2 Å². The first kappa shape index (κ1) is 16.0. The Kier molecular flexibility index (Phi) is 5.76. The molecule has 2 atom stereocenters. The molecule has 1 fully saturated rings. The van der Waals surface area contributed by atoms with E-state index < -0.39 is 18.2 Å². The van der Waals surface area contributed by atoms with Crippen LogP contribution in [0.25, 0.3) is 0 Å². The smallest absolute Gasteiger partial charge is 0.332 e. The van der Waals surface area contributed by atoms with Gasteiger partial charge in [0.2, 0.25) is 0 Å². The number of hydrogen-bond acceptors (Lipinski definition) is 4. The van der Waals surface area contributed by atoms with Crippen molar-refractivity contribution in [2.45, 2.75) is 44.8 Å². The monoisotopic (exact) mass is 311 g/mol. The minimum atomic E-state index is -0.981. The van der Waals surface area contributed by atoms with E-state index in [1.165, 1.54) is 4.88 Å². The van der Waals surface area contributed by atoms with Crippen LogP contribution >= 0.6 is 11.3 Å². The molecule has 2 heterocycles. The molecular weight excluding hydrogens is 290 g/mol. The van der Waals surface area contributed by atoms with Crippen LogP contribution < -0.4 is 0 Å². The first-order valence-electron chi connectivity index (χ1n) is 7.31. The lowest BCUT2D eigenvalue weighted by Gasteiger charge is -2.25. The van der Waals surface area contributed by atoms with E-state index in [9.17, 15) is 9.59 Å². The fourth-order valence-corrected chi connectivity index (χ4v) is 3.20. The van der Waals surface area contributed by atoms with E-state index in [0.717, 1.165) is 12.8 Å². The van der Waals surface area contributed by atoms with Gasteiger partial charge in [-0.25, -0.2) is 4.79 Å². The number of hydrogen-bond donors (Lipinski definition) is 1. The quantitative estimate of drug-likeness (QED) is 0.838. The van der Waals surface area contributed by atoms with Crippen LogP contribution in [0.2, 0.25) is 0 Å². The zero-order valence-electron chi connectivity index (χ0n) is 12.2. The summed E-state index contributed by atoms with van der Waals surface area (Å²) in [6.45, 7) is 3.37. The number of carbonyl (C=O) groups is 2. The maximum Gasteiger partial charge on any atom is 0.332 e. The molecule has 1 aliphatic rings. The molecule has 2 rings (SSSR count). The van der Waals surface area contributed by atoms with E-state index in [0.29, 0.717) is 25.9 Å². The van der Waals surface area contributed by atoms with E-state index in [1.54, 1.807) is 16.2 Å². The van der Waals surface area contributed by atoms with E-state index >= 15 is 0 Å². The first-order valence-corrected chi connectivity index (χ1v) is 8.19. The SMILES string of the molecule is CCCN(CCc1cccs1)C(=O)[C@@H]1CC[C@H](C(=O)O)O1. The molecule has 0 aliphatic carbocycles. The second-order valence-corrected chi connectivity index (χ2v) is 6.22. The topological polar surface area (TPSA) is 66.8 Å². The summed E-state index contributed by atoms with van der Waals surface area (Å²) in [5.41, 5.74) is 0. The second kappa shape index (κ2) is 7.56. The Balaban J connectivity index is 1.91. The standard InChI is InChI=1S/C15H21NO4S/c1-2-8-16(9-7-11-4-3-10-21-11)14(17)12-5-6-13(20-12)15(18)19/h3-4,10,12-13H,2,5-9H2,1H3,(H,18,19)/t12-,13+/m0/s1. The number of rotatable bonds is 7. The molecule has 0 unspecified atom stereocenters. The van der Waals surface area contributed by atoms with E-state index in [-0.39, 0.29) is 5.91 Å². The molecule has 0 saturated carbocycles. The Bertz CT molecular complexity index is 474. The summed E-state index contributed by atoms with van der Waals surface area (Å²) < 4.78 is 5.36. The van der Waals surface area contributed by atoms with Crippen LogP contribution in [0.3, 0.4) is 0 Å². The third kappa shape index (κ3) is 4.28. The lowest BCUT2D eigenvalue weighted by atomic mass is 10.1. The van der Waals surface area contributed by atoms with Crippen LogP contribution in [-0.2, 0) is 20.7 Å². The highest BCUT2D eigenvalue weighted by atomic mass is 32.1. The molecule has 1 saturated heterocycles. The van der Waals surface area contributed by atoms with Gasteiger partial charge in [-0.15, -0.1) is 11.3 Å². The predicted octanol–water partition coefficient (Wildman–Crippen LogP) is 2.16. The lowest BCUT2D eigenvalue weighted by Crippen LogP contribution is -2.41. The van der Waals surface area contributed by atoms with Crippen LogP contribution in [0.5, 0.6) is 0 Å². The number of aliphatic carboxylic acids is 1. The maximum absolute atomic E-state index is 12.5. The van der Waals surface area contributed by atoms with Crippen LogP contribution in [0, 0.1) is 0 Å². The lowest BCUT2D eigenvalue weighted by molar-refractivity contribution is -0.154. The molecule has 5 nitrogen and oxygen atoms in total. The van der Waals surface area contributed by atoms with Gasteiger partial charge in [-0.2, -0.15) is 0 Å². The van der Waals surface area contributed by atoms with Crippen LogP contribution in [0.1, 0.15) is 31.1 Å². The van der Waals surface area contributed by atoms with Crippen molar-refractivity contribution in [2.24, 2.45) is 0 Å². The first-order chi connectivity index (χ1) is 10.1. The van der Waals surface area contributed by atoms with Gasteiger partial charge in [0, 0.05) is 18.0 Å². The van der Waals surface area contributed by atoms with Gasteiger partial charge in [0.05, 0.1) is 0 Å². The fourth-order valence-electron chi connectivity index (χ4n) is 2.51. The fraction of sp³-hybridized carbons (Fsp3) is 0.600. The average Bonchev–Trinajstić information content (AvgIpc) is 3.13. The molecule has 116 valence electrons. The normalized spacial score (nSPS) is 21.4. The molecule has 0 radical (unpaired) electrons. The van der Waals surface area contributed by atoms with Crippen LogP contribution in [0.15, 0.2) is 17.5 Å². The van der Waals surface area contributed by atoms with Gasteiger partial charge in [0.15, 0.2) is 6.10 Å². The van der Waals surface area contributed by atoms with Gasteiger partial charge in [-0.1, -0.05) is 13.0 Å². The van der Waals surface area contributed by atoms with Crippen LogP contribution in [0.4, 0.5) is 0 Å². The minimum Gasteiger partial charge on any atom is -0.479 e. The van der Waals surface area contributed by atoms with E-state index in [1.807, 2.05) is 18.4 Å². The molecule has 1 aromatic rings. The minimum absolute atomic E-state index is 0.0721. The predicted molar refractivity (Wildman–Crippen MR) is 80.4 cm³/mol. The van der Waals surface area contributed by atoms with Crippen molar-refractivity contribution in [1.82, 2.24) is 4.90 Å². The van der Waals surface area contributed by atoms with E-state index in [2.05, 4.69) is 6.07 Å². The third-order valence-electron chi connectivity index (χ3n) is 3.58. The number of thiophene rings is 1. The highest BCUT2D eigenvalue weighted by Crippen LogP contribution is 2.22. The van der Waals surface area contributed by atoms with E-state index in [4.69, 9.17) is 9.84 Å². The molecule has 0 bridgehead atoms. The largest absolute Gasteiger partial charge is 0.479 e. The number of carboxylic acid groups (broad SMARTS) is 1. The summed E-state index contributed by atoms with van der Waals surface area (Å²) in [5, 5.41) is 11.0. The number of ether oxygens (including phenoxy) is 1. The molecule has 0 spiro atoms. The van der Waals surface area contributed by atoms with Crippen molar-refractivity contribution in [3.05, 3.63) is 22.4 Å². The second-order valence-electron chi connectivity index (χ2n) is 5.18. The Morgan fingerprint density at radius 3 is 2.71 bits per heavy atom. The summed E-state index contributed by atoms with van der Waals surface area (Å²) >= 11 is 1.68. The van der Waals surface area contributed by atoms with Crippen molar-refractivity contribution in [3.63, 3.8) is 0 Å². The Morgan fingerprint density at radius 2 is 2.14 bits per heavy atom. The van der Waals surface area contributed by atoms with Crippen molar-refractivity contribution >= 4 is 23.2 Å². The maximum atomic E-state index is 12.5.